The molecule has 0 aromatic heterocycles. The van der Waals surface area contributed by atoms with Crippen LogP contribution in [0.5, 0.6) is 0 Å². The van der Waals surface area contributed by atoms with E-state index in [1.807, 2.05) is 0 Å². The summed E-state index contributed by atoms with van der Waals surface area (Å²) in [6.07, 6.45) is -5.15. The van der Waals surface area contributed by atoms with E-state index in [4.69, 9.17) is 5.73 Å². The predicted octanol–water partition coefficient (Wildman–Crippen LogP) is 3.04. The van der Waals surface area contributed by atoms with E-state index in [0.29, 0.717) is 4.47 Å². The highest BCUT2D eigenvalue weighted by atomic mass is 79.9. The Bertz CT molecular complexity index is 561. The number of alkyl halides is 3. The normalized spacial score (nSPS) is 12.6. The lowest BCUT2D eigenvalue weighted by molar-refractivity contribution is -0.135. The topological polar surface area (TPSA) is 72.2 Å². The maximum absolute atomic E-state index is 11.9. The number of anilines is 1. The first kappa shape index (κ1) is 17.3. The average Bonchev–Trinajstić information content (AvgIpc) is 2.26. The highest BCUT2D eigenvalue weighted by Crippen LogP contribution is 2.23. The lowest BCUT2D eigenvalue weighted by Gasteiger charge is -2.10. The molecule has 1 aromatic carbocycles. The summed E-state index contributed by atoms with van der Waals surface area (Å²) in [5.41, 5.74) is 5.67. The molecule has 3 N–H and O–H groups in total. The Kier molecular flexibility index (Phi) is 5.84. The number of hydrogen-bond acceptors (Lipinski definition) is 3. The summed E-state index contributed by atoms with van der Waals surface area (Å²) in [6.45, 7) is -0.0616. The summed E-state index contributed by atoms with van der Waals surface area (Å²) < 4.78 is 62.4. The van der Waals surface area contributed by atoms with Gasteiger partial charge in [0.1, 0.15) is 4.90 Å². The van der Waals surface area contributed by atoms with E-state index in [-0.39, 0.29) is 30.0 Å². The zero-order valence-corrected chi connectivity index (χ0v) is 12.8. The lowest BCUT2D eigenvalue weighted by atomic mass is 10.2. The zero-order valence-electron chi connectivity index (χ0n) is 10.4. The standard InChI is InChI=1S/C11H14BrF3N2O2S/c12-8-3-4-10(9(16)7-8)20(18,19)17-6-2-1-5-11(13,14)15/h3-4,7,17H,1-2,5-6,16H2. The molecule has 20 heavy (non-hydrogen) atoms. The van der Waals surface area contributed by atoms with Crippen molar-refractivity contribution in [2.75, 3.05) is 12.3 Å². The molecule has 0 aliphatic carbocycles. The molecule has 0 radical (unpaired) electrons. The number of nitrogens with two attached hydrogens (primary N) is 1. The highest BCUT2D eigenvalue weighted by molar-refractivity contribution is 9.10. The highest BCUT2D eigenvalue weighted by Gasteiger charge is 2.26. The van der Waals surface area contributed by atoms with Gasteiger partial charge in [-0.1, -0.05) is 15.9 Å². The quantitative estimate of drug-likeness (QED) is 0.593. The summed E-state index contributed by atoms with van der Waals surface area (Å²) in [4.78, 5) is -0.0866. The molecule has 1 rings (SSSR count). The summed E-state index contributed by atoms with van der Waals surface area (Å²) in [5.74, 6) is 0. The van der Waals surface area contributed by atoms with Crippen molar-refractivity contribution in [1.82, 2.24) is 4.72 Å². The average molecular weight is 375 g/mol. The molecule has 4 nitrogen and oxygen atoms in total. The van der Waals surface area contributed by atoms with Crippen LogP contribution in [0.1, 0.15) is 19.3 Å². The van der Waals surface area contributed by atoms with Crippen molar-refractivity contribution in [2.45, 2.75) is 30.3 Å². The van der Waals surface area contributed by atoms with Gasteiger partial charge < -0.3 is 5.73 Å². The van der Waals surface area contributed by atoms with Crippen molar-refractivity contribution in [3.8, 4) is 0 Å². The third-order valence-electron chi connectivity index (χ3n) is 2.44. The first-order valence-electron chi connectivity index (χ1n) is 5.73. The molecule has 9 heteroatoms. The first-order chi connectivity index (χ1) is 9.12. The van der Waals surface area contributed by atoms with Crippen molar-refractivity contribution in [1.29, 1.82) is 0 Å². The second kappa shape index (κ2) is 6.77. The summed E-state index contributed by atoms with van der Waals surface area (Å²) in [7, 11) is -3.80. The van der Waals surface area contributed by atoms with Crippen LogP contribution in [0.4, 0.5) is 18.9 Å². The second-order valence-corrected chi connectivity index (χ2v) is 6.80. The van der Waals surface area contributed by atoms with E-state index >= 15 is 0 Å². The molecule has 0 fully saturated rings. The molecule has 0 amide bonds. The number of hydrogen-bond donors (Lipinski definition) is 2. The number of nitrogens with one attached hydrogen (secondary N) is 1. The molecule has 0 saturated heterocycles. The molecule has 0 aliphatic heterocycles. The van der Waals surface area contributed by atoms with Crippen molar-refractivity contribution < 1.29 is 21.6 Å². The largest absolute Gasteiger partial charge is 0.398 e. The van der Waals surface area contributed by atoms with E-state index < -0.39 is 22.6 Å². The van der Waals surface area contributed by atoms with Crippen molar-refractivity contribution >= 4 is 31.6 Å². The summed E-state index contributed by atoms with van der Waals surface area (Å²) in [6, 6.07) is 4.30. The van der Waals surface area contributed by atoms with Gasteiger partial charge in [-0.15, -0.1) is 0 Å². The molecular weight excluding hydrogens is 361 g/mol. The zero-order chi connectivity index (χ0) is 15.4. The van der Waals surface area contributed by atoms with Gasteiger partial charge in [-0.25, -0.2) is 13.1 Å². The van der Waals surface area contributed by atoms with E-state index in [1.54, 1.807) is 0 Å². The number of rotatable bonds is 6. The van der Waals surface area contributed by atoms with Crippen LogP contribution in [0.2, 0.25) is 0 Å². The molecule has 1 aromatic rings. The Balaban J connectivity index is 2.54. The molecule has 0 saturated carbocycles. The Morgan fingerprint density at radius 3 is 2.45 bits per heavy atom. The van der Waals surface area contributed by atoms with Gasteiger partial charge in [-0.2, -0.15) is 13.2 Å². The van der Waals surface area contributed by atoms with Gasteiger partial charge in [0, 0.05) is 17.4 Å². The molecular formula is C11H14BrF3N2O2S. The maximum Gasteiger partial charge on any atom is 0.389 e. The molecule has 0 atom stereocenters. The van der Waals surface area contributed by atoms with Gasteiger partial charge in [-0.05, 0) is 31.0 Å². The Morgan fingerprint density at radius 2 is 1.90 bits per heavy atom. The van der Waals surface area contributed by atoms with Crippen LogP contribution >= 0.6 is 15.9 Å². The molecule has 114 valence electrons. The minimum absolute atomic E-state index is 0.0616. The first-order valence-corrected chi connectivity index (χ1v) is 8.01. The number of nitrogen functional groups attached to an aromatic ring is 1. The monoisotopic (exact) mass is 374 g/mol. The third kappa shape index (κ3) is 5.68. The molecule has 0 spiro atoms. The number of sulfonamides is 1. The molecule has 0 bridgehead atoms. The smallest absolute Gasteiger partial charge is 0.389 e. The van der Waals surface area contributed by atoms with Gasteiger partial charge in [0.25, 0.3) is 0 Å². The fraction of sp³-hybridized carbons (Fsp3) is 0.455. The third-order valence-corrected chi connectivity index (χ3v) is 4.47. The lowest BCUT2D eigenvalue weighted by Crippen LogP contribution is -2.25. The number of unbranched alkanes of at least 4 members (excludes halogenated alkanes) is 1. The molecule has 0 heterocycles. The van der Waals surface area contributed by atoms with Crippen LogP contribution in [0.3, 0.4) is 0 Å². The fourth-order valence-electron chi connectivity index (χ4n) is 1.50. The van der Waals surface area contributed by atoms with Crippen LogP contribution in [0.15, 0.2) is 27.6 Å². The van der Waals surface area contributed by atoms with Crippen LogP contribution < -0.4 is 10.5 Å². The van der Waals surface area contributed by atoms with Gasteiger partial charge >= 0.3 is 6.18 Å². The van der Waals surface area contributed by atoms with Gasteiger partial charge in [0.05, 0.1) is 5.69 Å². The van der Waals surface area contributed by atoms with Gasteiger partial charge in [0.15, 0.2) is 0 Å². The predicted molar refractivity (Wildman–Crippen MR) is 73.6 cm³/mol. The van der Waals surface area contributed by atoms with Crippen LogP contribution in [0, 0.1) is 0 Å². The van der Waals surface area contributed by atoms with Crippen LogP contribution in [-0.2, 0) is 10.0 Å². The minimum atomic E-state index is -4.21. The van der Waals surface area contributed by atoms with E-state index in [9.17, 15) is 21.6 Å². The Hall–Kier alpha value is -0.800. The molecule has 0 unspecified atom stereocenters. The van der Waals surface area contributed by atoms with Gasteiger partial charge in [0.2, 0.25) is 10.0 Å². The van der Waals surface area contributed by atoms with E-state index in [1.165, 1.54) is 18.2 Å². The van der Waals surface area contributed by atoms with Crippen molar-refractivity contribution in [3.63, 3.8) is 0 Å². The second-order valence-electron chi connectivity index (χ2n) is 4.15. The SMILES string of the molecule is Nc1cc(Br)ccc1S(=O)(=O)NCCCCC(F)(F)F. The van der Waals surface area contributed by atoms with Gasteiger partial charge in [-0.3, -0.25) is 0 Å². The van der Waals surface area contributed by atoms with Crippen LogP contribution in [0.25, 0.3) is 0 Å². The van der Waals surface area contributed by atoms with Crippen molar-refractivity contribution in [2.24, 2.45) is 0 Å². The van der Waals surface area contributed by atoms with Crippen LogP contribution in [-0.4, -0.2) is 21.1 Å². The number of halogens is 4. The Morgan fingerprint density at radius 1 is 1.25 bits per heavy atom. The van der Waals surface area contributed by atoms with E-state index in [2.05, 4.69) is 20.7 Å². The Labute approximate surface area is 123 Å². The van der Waals surface area contributed by atoms with E-state index in [0.717, 1.165) is 0 Å². The molecule has 0 aliphatic rings. The summed E-state index contributed by atoms with van der Waals surface area (Å²) in [5, 5.41) is 0. The summed E-state index contributed by atoms with van der Waals surface area (Å²) >= 11 is 3.15. The fourth-order valence-corrected chi connectivity index (χ4v) is 3.06. The minimum Gasteiger partial charge on any atom is -0.398 e. The van der Waals surface area contributed by atoms with Crippen molar-refractivity contribution in [3.05, 3.63) is 22.7 Å². The number of benzene rings is 1. The maximum atomic E-state index is 11.9.